The standard InChI is InChI=1S/C26H34ClN3O5S/c1-26(2,3)35-25(32)24(18-8-11-28-12-9-18)30-15-14-29(13-10-23(30)31)36(33,34)22-7-5-19-16-21(27)6-4-20(19)17-22/h4-7,16-18,24,28H,8-15H2,1-3H3. The van der Waals surface area contributed by atoms with Crippen molar-refractivity contribution in [2.45, 2.75) is 56.6 Å². The normalized spacial score (nSPS) is 19.8. The third kappa shape index (κ3) is 6.02. The Kier molecular flexibility index (Phi) is 7.95. The summed E-state index contributed by atoms with van der Waals surface area (Å²) in [6, 6.07) is 9.50. The van der Waals surface area contributed by atoms with Crippen LogP contribution in [0.5, 0.6) is 0 Å². The van der Waals surface area contributed by atoms with E-state index in [1.165, 1.54) is 4.31 Å². The van der Waals surface area contributed by atoms with Crippen molar-refractivity contribution in [3.05, 3.63) is 41.4 Å². The van der Waals surface area contributed by atoms with Crippen molar-refractivity contribution in [3.8, 4) is 0 Å². The first-order chi connectivity index (χ1) is 17.0. The highest BCUT2D eigenvalue weighted by Crippen LogP contribution is 2.28. The molecule has 2 heterocycles. The minimum atomic E-state index is -3.84. The second-order valence-corrected chi connectivity index (χ2v) is 12.8. The first kappa shape index (κ1) is 26.9. The molecule has 2 fully saturated rings. The lowest BCUT2D eigenvalue weighted by molar-refractivity contribution is -0.167. The summed E-state index contributed by atoms with van der Waals surface area (Å²) in [4.78, 5) is 28.3. The van der Waals surface area contributed by atoms with Gasteiger partial charge in [0.15, 0.2) is 0 Å². The number of amides is 1. The Morgan fingerprint density at radius 1 is 1.06 bits per heavy atom. The average molecular weight is 536 g/mol. The minimum Gasteiger partial charge on any atom is -0.458 e. The molecule has 0 bridgehead atoms. The first-order valence-electron chi connectivity index (χ1n) is 12.4. The lowest BCUT2D eigenvalue weighted by Gasteiger charge is -2.38. The van der Waals surface area contributed by atoms with E-state index in [1.54, 1.807) is 62.1 Å². The number of rotatable bonds is 5. The highest BCUT2D eigenvalue weighted by atomic mass is 35.5. The second-order valence-electron chi connectivity index (χ2n) is 10.5. The van der Waals surface area contributed by atoms with Gasteiger partial charge < -0.3 is 15.0 Å². The summed E-state index contributed by atoms with van der Waals surface area (Å²) in [7, 11) is -3.84. The zero-order chi connectivity index (χ0) is 26.1. The molecule has 8 nitrogen and oxygen atoms in total. The third-order valence-corrected chi connectivity index (χ3v) is 8.84. The van der Waals surface area contributed by atoms with Gasteiger partial charge in [-0.15, -0.1) is 0 Å². The fourth-order valence-electron chi connectivity index (χ4n) is 4.95. The molecule has 36 heavy (non-hydrogen) atoms. The lowest BCUT2D eigenvalue weighted by atomic mass is 9.88. The Morgan fingerprint density at radius 2 is 1.72 bits per heavy atom. The quantitative estimate of drug-likeness (QED) is 0.589. The highest BCUT2D eigenvalue weighted by Gasteiger charge is 2.41. The number of benzene rings is 2. The molecule has 4 rings (SSSR count). The Labute approximate surface area is 218 Å². The maximum absolute atomic E-state index is 13.5. The Balaban J connectivity index is 1.58. The van der Waals surface area contributed by atoms with Crippen LogP contribution in [0.2, 0.25) is 5.02 Å². The van der Waals surface area contributed by atoms with Crippen LogP contribution in [0.25, 0.3) is 10.8 Å². The van der Waals surface area contributed by atoms with Crippen molar-refractivity contribution in [2.75, 3.05) is 32.7 Å². The van der Waals surface area contributed by atoms with Crippen molar-refractivity contribution in [2.24, 2.45) is 5.92 Å². The van der Waals surface area contributed by atoms with E-state index in [0.29, 0.717) is 5.02 Å². The van der Waals surface area contributed by atoms with Crippen molar-refractivity contribution in [1.29, 1.82) is 0 Å². The van der Waals surface area contributed by atoms with E-state index < -0.39 is 27.6 Å². The van der Waals surface area contributed by atoms with Crippen LogP contribution < -0.4 is 5.32 Å². The number of fused-ring (bicyclic) bond motifs is 1. The molecule has 0 aromatic heterocycles. The summed E-state index contributed by atoms with van der Waals surface area (Å²) in [6.45, 7) is 7.25. The zero-order valence-electron chi connectivity index (χ0n) is 21.0. The molecule has 2 aliphatic rings. The predicted octanol–water partition coefficient (Wildman–Crippen LogP) is 3.43. The maximum Gasteiger partial charge on any atom is 0.329 e. The Bertz CT molecular complexity index is 1240. The van der Waals surface area contributed by atoms with Gasteiger partial charge in [0.25, 0.3) is 0 Å². The van der Waals surface area contributed by atoms with Crippen LogP contribution >= 0.6 is 11.6 Å². The van der Waals surface area contributed by atoms with Gasteiger partial charge in [0.05, 0.1) is 4.90 Å². The van der Waals surface area contributed by atoms with Gasteiger partial charge in [-0.3, -0.25) is 4.79 Å². The number of esters is 1. The van der Waals surface area contributed by atoms with Gasteiger partial charge in [0.1, 0.15) is 11.6 Å². The summed E-state index contributed by atoms with van der Waals surface area (Å²) in [5, 5.41) is 5.49. The van der Waals surface area contributed by atoms with Gasteiger partial charge in [0.2, 0.25) is 15.9 Å². The number of hydrogen-bond donors (Lipinski definition) is 1. The molecule has 10 heteroatoms. The van der Waals surface area contributed by atoms with E-state index in [2.05, 4.69) is 5.32 Å². The number of halogens is 1. The summed E-state index contributed by atoms with van der Waals surface area (Å²) in [6.07, 6.45) is 1.50. The van der Waals surface area contributed by atoms with Crippen molar-refractivity contribution in [1.82, 2.24) is 14.5 Å². The number of sulfonamides is 1. The van der Waals surface area contributed by atoms with E-state index in [-0.39, 0.29) is 42.8 Å². The molecule has 0 radical (unpaired) electrons. The minimum absolute atomic E-state index is 0.00663. The van der Waals surface area contributed by atoms with Gasteiger partial charge in [0, 0.05) is 31.1 Å². The zero-order valence-corrected chi connectivity index (χ0v) is 22.6. The largest absolute Gasteiger partial charge is 0.458 e. The lowest BCUT2D eigenvalue weighted by Crippen LogP contribution is -2.53. The number of nitrogens with zero attached hydrogens (tertiary/aromatic N) is 2. The van der Waals surface area contributed by atoms with Crippen LogP contribution in [-0.2, 0) is 24.3 Å². The molecule has 1 amide bonds. The number of ether oxygens (including phenoxy) is 1. The smallest absolute Gasteiger partial charge is 0.329 e. The molecule has 1 unspecified atom stereocenters. The molecule has 2 saturated heterocycles. The summed E-state index contributed by atoms with van der Waals surface area (Å²) in [5.74, 6) is -0.692. The molecule has 0 saturated carbocycles. The van der Waals surface area contributed by atoms with Crippen LogP contribution in [0.15, 0.2) is 41.3 Å². The summed E-state index contributed by atoms with van der Waals surface area (Å²) >= 11 is 6.06. The Hall–Kier alpha value is -2.20. The van der Waals surface area contributed by atoms with E-state index >= 15 is 0 Å². The van der Waals surface area contributed by atoms with Crippen LogP contribution in [0.4, 0.5) is 0 Å². The predicted molar refractivity (Wildman–Crippen MR) is 139 cm³/mol. The van der Waals surface area contributed by atoms with Crippen molar-refractivity contribution in [3.63, 3.8) is 0 Å². The van der Waals surface area contributed by atoms with Gasteiger partial charge in [-0.25, -0.2) is 13.2 Å². The molecule has 196 valence electrons. The maximum atomic E-state index is 13.5. The summed E-state index contributed by atoms with van der Waals surface area (Å²) in [5.41, 5.74) is -0.688. The van der Waals surface area contributed by atoms with E-state index in [0.717, 1.165) is 36.7 Å². The summed E-state index contributed by atoms with van der Waals surface area (Å²) < 4.78 is 34.1. The monoisotopic (exact) mass is 535 g/mol. The number of nitrogens with one attached hydrogen (secondary N) is 1. The van der Waals surface area contributed by atoms with Gasteiger partial charge in [-0.2, -0.15) is 4.31 Å². The van der Waals surface area contributed by atoms with Crippen molar-refractivity contribution < 1.29 is 22.7 Å². The molecule has 2 aromatic carbocycles. The number of piperidine rings is 1. The van der Waals surface area contributed by atoms with Gasteiger partial charge in [-0.1, -0.05) is 23.7 Å². The van der Waals surface area contributed by atoms with E-state index in [1.807, 2.05) is 0 Å². The van der Waals surface area contributed by atoms with Crippen LogP contribution in [0.1, 0.15) is 40.0 Å². The topological polar surface area (TPSA) is 96.0 Å². The molecule has 1 atom stereocenters. The number of carbonyl (C=O) groups excluding carboxylic acids is 2. The number of hydrogen-bond acceptors (Lipinski definition) is 6. The van der Waals surface area contributed by atoms with Crippen LogP contribution in [-0.4, -0.2) is 73.9 Å². The molecule has 2 aliphatic heterocycles. The Morgan fingerprint density at radius 3 is 2.42 bits per heavy atom. The van der Waals surface area contributed by atoms with E-state index in [4.69, 9.17) is 16.3 Å². The molecule has 1 N–H and O–H groups in total. The molecular weight excluding hydrogens is 502 g/mol. The first-order valence-corrected chi connectivity index (χ1v) is 14.2. The molecule has 0 aliphatic carbocycles. The average Bonchev–Trinajstić information content (AvgIpc) is 3.00. The molecule has 2 aromatic rings. The van der Waals surface area contributed by atoms with Crippen LogP contribution in [0.3, 0.4) is 0 Å². The van der Waals surface area contributed by atoms with E-state index in [9.17, 15) is 18.0 Å². The number of carbonyl (C=O) groups is 2. The van der Waals surface area contributed by atoms with Gasteiger partial charge in [-0.05, 0) is 87.7 Å². The van der Waals surface area contributed by atoms with Crippen molar-refractivity contribution >= 4 is 44.3 Å². The van der Waals surface area contributed by atoms with Gasteiger partial charge >= 0.3 is 5.97 Å². The third-order valence-electron chi connectivity index (χ3n) is 6.71. The molecule has 0 spiro atoms. The highest BCUT2D eigenvalue weighted by molar-refractivity contribution is 7.89. The fourth-order valence-corrected chi connectivity index (χ4v) is 6.60. The second kappa shape index (κ2) is 10.7. The van der Waals surface area contributed by atoms with Crippen LogP contribution in [0, 0.1) is 5.92 Å². The molecular formula is C26H34ClN3O5S. The SMILES string of the molecule is CC(C)(C)OC(=O)C(C1CCNCC1)N1CCN(S(=O)(=O)c2ccc3cc(Cl)ccc3c2)CCC1=O. The fraction of sp³-hybridized carbons (Fsp3) is 0.538.